The Kier molecular flexibility index (Phi) is 5.20. The maximum atomic E-state index is 6.01. The van der Waals surface area contributed by atoms with Gasteiger partial charge >= 0.3 is 0 Å². The summed E-state index contributed by atoms with van der Waals surface area (Å²) in [6, 6.07) is 4.99. The summed E-state index contributed by atoms with van der Waals surface area (Å²) in [5, 5.41) is 0. The van der Waals surface area contributed by atoms with Gasteiger partial charge < -0.3 is 10.6 Å². The Morgan fingerprint density at radius 1 is 1.26 bits per heavy atom. The Morgan fingerprint density at radius 2 is 1.95 bits per heavy atom. The second-order valence-electron chi connectivity index (χ2n) is 5.71. The molecule has 0 saturated heterocycles. The van der Waals surface area contributed by atoms with Gasteiger partial charge in [0, 0.05) is 19.1 Å². The fraction of sp³-hybridized carbons (Fsp3) is 0.688. The molecule has 19 heavy (non-hydrogen) atoms. The van der Waals surface area contributed by atoms with Crippen LogP contribution in [0.3, 0.4) is 0 Å². The summed E-state index contributed by atoms with van der Waals surface area (Å²) >= 11 is 0. The van der Waals surface area contributed by atoms with E-state index in [1.165, 1.54) is 44.2 Å². The molecule has 0 amide bonds. The number of pyridine rings is 1. The van der Waals surface area contributed by atoms with E-state index in [-0.39, 0.29) is 6.04 Å². The van der Waals surface area contributed by atoms with Crippen LogP contribution in [0.1, 0.15) is 63.6 Å². The molecule has 0 unspecified atom stereocenters. The van der Waals surface area contributed by atoms with Crippen LogP contribution < -0.4 is 10.6 Å². The molecule has 1 aliphatic rings. The normalized spacial score (nSPS) is 18.9. The van der Waals surface area contributed by atoms with Crippen LogP contribution >= 0.6 is 0 Å². The Hall–Kier alpha value is -1.09. The first-order valence-corrected chi connectivity index (χ1v) is 7.66. The highest BCUT2D eigenvalue weighted by Gasteiger charge is 2.17. The molecule has 2 N–H and O–H groups in total. The van der Waals surface area contributed by atoms with Gasteiger partial charge in [-0.2, -0.15) is 0 Å². The van der Waals surface area contributed by atoms with Crippen molar-refractivity contribution in [1.82, 2.24) is 4.98 Å². The third-order valence-corrected chi connectivity index (χ3v) is 4.37. The van der Waals surface area contributed by atoms with Crippen molar-refractivity contribution in [2.75, 3.05) is 11.9 Å². The van der Waals surface area contributed by atoms with Crippen LogP contribution in [0.25, 0.3) is 0 Å². The van der Waals surface area contributed by atoms with Crippen LogP contribution in [0.5, 0.6) is 0 Å². The van der Waals surface area contributed by atoms with E-state index in [0.717, 1.165) is 12.1 Å². The third-order valence-electron chi connectivity index (χ3n) is 4.37. The van der Waals surface area contributed by atoms with E-state index in [0.29, 0.717) is 6.04 Å². The van der Waals surface area contributed by atoms with Crippen molar-refractivity contribution in [2.45, 2.75) is 64.0 Å². The quantitative estimate of drug-likeness (QED) is 0.841. The molecule has 0 radical (unpaired) electrons. The zero-order chi connectivity index (χ0) is 13.7. The fourth-order valence-corrected chi connectivity index (χ4v) is 2.89. The highest BCUT2D eigenvalue weighted by Crippen LogP contribution is 2.25. The monoisotopic (exact) mass is 261 g/mol. The lowest BCUT2D eigenvalue weighted by Gasteiger charge is -2.29. The molecule has 1 aliphatic carbocycles. The molecule has 106 valence electrons. The molecule has 1 fully saturated rings. The summed E-state index contributed by atoms with van der Waals surface area (Å²) < 4.78 is 0. The molecule has 3 nitrogen and oxygen atoms in total. The maximum absolute atomic E-state index is 6.01. The highest BCUT2D eigenvalue weighted by molar-refractivity contribution is 5.45. The van der Waals surface area contributed by atoms with Crippen molar-refractivity contribution in [3.63, 3.8) is 0 Å². The van der Waals surface area contributed by atoms with Gasteiger partial charge in [-0.05, 0) is 31.4 Å². The van der Waals surface area contributed by atoms with Crippen molar-refractivity contribution in [3.05, 3.63) is 24.0 Å². The van der Waals surface area contributed by atoms with Crippen LogP contribution in [0.2, 0.25) is 0 Å². The summed E-state index contributed by atoms with van der Waals surface area (Å²) in [7, 11) is 2.20. The second kappa shape index (κ2) is 6.90. The second-order valence-corrected chi connectivity index (χ2v) is 5.71. The molecule has 0 bridgehead atoms. The van der Waals surface area contributed by atoms with Crippen LogP contribution in [0, 0.1) is 0 Å². The lowest BCUT2D eigenvalue weighted by atomic mass is 10.1. The van der Waals surface area contributed by atoms with E-state index in [4.69, 9.17) is 5.73 Å². The highest BCUT2D eigenvalue weighted by atomic mass is 15.1. The molecule has 1 atom stereocenters. The van der Waals surface area contributed by atoms with Gasteiger partial charge in [0.15, 0.2) is 0 Å². The minimum Gasteiger partial charge on any atom is -0.370 e. The van der Waals surface area contributed by atoms with Crippen molar-refractivity contribution >= 4 is 5.69 Å². The fourth-order valence-electron chi connectivity index (χ4n) is 2.89. The molecule has 0 aliphatic heterocycles. The lowest BCUT2D eigenvalue weighted by molar-refractivity contribution is 0.552. The topological polar surface area (TPSA) is 42.1 Å². The zero-order valence-corrected chi connectivity index (χ0v) is 12.3. The summed E-state index contributed by atoms with van der Waals surface area (Å²) in [6.45, 7) is 2.10. The zero-order valence-electron chi connectivity index (χ0n) is 12.3. The summed E-state index contributed by atoms with van der Waals surface area (Å²) in [5.74, 6) is 0. The first kappa shape index (κ1) is 14.3. The Morgan fingerprint density at radius 3 is 2.47 bits per heavy atom. The number of aromatic nitrogens is 1. The third kappa shape index (κ3) is 3.69. The number of hydrogen-bond donors (Lipinski definition) is 1. The van der Waals surface area contributed by atoms with Crippen LogP contribution in [-0.4, -0.2) is 18.1 Å². The van der Waals surface area contributed by atoms with Gasteiger partial charge in [0.2, 0.25) is 0 Å². The van der Waals surface area contributed by atoms with E-state index in [1.54, 1.807) is 0 Å². The predicted molar refractivity (Wildman–Crippen MR) is 81.3 cm³/mol. The van der Waals surface area contributed by atoms with Gasteiger partial charge in [0.1, 0.15) is 0 Å². The number of nitrogens with zero attached hydrogens (tertiary/aromatic N) is 2. The molecular formula is C16H27N3. The molecule has 1 aromatic heterocycles. The minimum absolute atomic E-state index is 0.0669. The van der Waals surface area contributed by atoms with E-state index in [1.807, 2.05) is 6.20 Å². The molecule has 0 aromatic carbocycles. The minimum atomic E-state index is 0.0669. The van der Waals surface area contributed by atoms with Crippen molar-refractivity contribution in [2.24, 2.45) is 5.73 Å². The molecule has 2 rings (SSSR count). The standard InChI is InChI=1S/C16H27N3/c1-3-15(17)16-11-10-14(12-18-16)19(2)13-8-6-4-5-7-9-13/h10-13,15H,3-9,17H2,1-2H3/t15-/m1/s1. The largest absolute Gasteiger partial charge is 0.370 e. The Labute approximate surface area is 117 Å². The van der Waals surface area contributed by atoms with Crippen LogP contribution in [0.15, 0.2) is 18.3 Å². The summed E-state index contributed by atoms with van der Waals surface area (Å²) in [4.78, 5) is 6.92. The molecule has 1 aromatic rings. The Bertz CT molecular complexity index is 366. The van der Waals surface area contributed by atoms with Gasteiger partial charge in [0.05, 0.1) is 17.6 Å². The number of hydrogen-bond acceptors (Lipinski definition) is 3. The Balaban J connectivity index is 2.03. The molecular weight excluding hydrogens is 234 g/mol. The SMILES string of the molecule is CC[C@@H](N)c1ccc(N(C)C2CCCCCC2)cn1. The van der Waals surface area contributed by atoms with E-state index in [2.05, 4.69) is 36.0 Å². The number of anilines is 1. The first-order valence-electron chi connectivity index (χ1n) is 7.66. The lowest BCUT2D eigenvalue weighted by Crippen LogP contribution is -2.31. The van der Waals surface area contributed by atoms with Crippen molar-refractivity contribution in [1.29, 1.82) is 0 Å². The van der Waals surface area contributed by atoms with Gasteiger partial charge in [0.25, 0.3) is 0 Å². The molecule has 1 saturated carbocycles. The smallest absolute Gasteiger partial charge is 0.0572 e. The van der Waals surface area contributed by atoms with Gasteiger partial charge in [-0.15, -0.1) is 0 Å². The van der Waals surface area contributed by atoms with Gasteiger partial charge in [-0.25, -0.2) is 0 Å². The predicted octanol–water partition coefficient (Wildman–Crippen LogP) is 3.65. The molecule has 0 spiro atoms. The van der Waals surface area contributed by atoms with Crippen LogP contribution in [0.4, 0.5) is 5.69 Å². The van der Waals surface area contributed by atoms with E-state index < -0.39 is 0 Å². The maximum Gasteiger partial charge on any atom is 0.0572 e. The van der Waals surface area contributed by atoms with Crippen molar-refractivity contribution in [3.8, 4) is 0 Å². The van der Waals surface area contributed by atoms with E-state index >= 15 is 0 Å². The molecule has 1 heterocycles. The number of rotatable bonds is 4. The molecule has 3 heteroatoms. The summed E-state index contributed by atoms with van der Waals surface area (Å²) in [6.07, 6.45) is 11.1. The van der Waals surface area contributed by atoms with Gasteiger partial charge in [-0.3, -0.25) is 4.98 Å². The van der Waals surface area contributed by atoms with E-state index in [9.17, 15) is 0 Å². The summed E-state index contributed by atoms with van der Waals surface area (Å²) in [5.41, 5.74) is 8.23. The van der Waals surface area contributed by atoms with Gasteiger partial charge in [-0.1, -0.05) is 32.6 Å². The first-order chi connectivity index (χ1) is 9.22. The average Bonchev–Trinajstić information content (AvgIpc) is 2.75. The number of nitrogens with two attached hydrogens (primary N) is 1. The van der Waals surface area contributed by atoms with Crippen molar-refractivity contribution < 1.29 is 0 Å². The van der Waals surface area contributed by atoms with Crippen LogP contribution in [-0.2, 0) is 0 Å². The average molecular weight is 261 g/mol.